The van der Waals surface area contributed by atoms with Crippen LogP contribution in [0.4, 0.5) is 0 Å². The van der Waals surface area contributed by atoms with Gasteiger partial charge in [-0.2, -0.15) is 0 Å². The number of thioether (sulfide) groups is 1. The molecule has 1 atom stereocenters. The van der Waals surface area contributed by atoms with Crippen molar-refractivity contribution in [2.75, 3.05) is 0 Å². The van der Waals surface area contributed by atoms with Gasteiger partial charge in [0, 0.05) is 5.56 Å². The van der Waals surface area contributed by atoms with E-state index in [0.717, 1.165) is 30.0 Å². The van der Waals surface area contributed by atoms with Crippen molar-refractivity contribution >= 4 is 52.5 Å². The molecule has 5 nitrogen and oxygen atoms in total. The Hall–Kier alpha value is -1.99. The molecule has 126 valence electrons. The molecule has 0 unspecified atom stereocenters. The van der Waals surface area contributed by atoms with Crippen LogP contribution in [0.1, 0.15) is 42.1 Å². The number of carbonyl (C=O) groups is 3. The highest BCUT2D eigenvalue weighted by atomic mass is 32.2. The zero-order chi connectivity index (χ0) is 17.7. The largest absolute Gasteiger partial charge is 0.480 e. The van der Waals surface area contributed by atoms with E-state index in [1.807, 2.05) is 6.92 Å². The zero-order valence-corrected chi connectivity index (χ0v) is 14.7. The van der Waals surface area contributed by atoms with Crippen LogP contribution >= 0.6 is 24.0 Å². The molecule has 1 saturated heterocycles. The molecule has 0 bridgehead atoms. The summed E-state index contributed by atoms with van der Waals surface area (Å²) in [6.45, 7) is 1.96. The number of amides is 1. The Labute approximate surface area is 149 Å². The minimum absolute atomic E-state index is 0.263. The molecule has 2 rings (SSSR count). The molecule has 1 aliphatic rings. The first kappa shape index (κ1) is 18.4. The van der Waals surface area contributed by atoms with E-state index in [4.69, 9.17) is 12.2 Å². The standard InChI is InChI=1S/C17H17NO4S2/c1-2-3-4-13(16(21)22)18-15(20)14(24-17(18)23)9-11-5-7-12(10-19)8-6-11/h5-10,13H,2-4H2,1H3,(H,21,22)/b14-9-/t13-/m0/s1. The maximum absolute atomic E-state index is 12.6. The van der Waals surface area contributed by atoms with Crippen LogP contribution in [0.15, 0.2) is 29.2 Å². The predicted octanol–water partition coefficient (Wildman–Crippen LogP) is 3.34. The average molecular weight is 363 g/mol. The first-order valence-corrected chi connectivity index (χ1v) is 8.75. The van der Waals surface area contributed by atoms with Crippen LogP contribution in [0.5, 0.6) is 0 Å². The number of nitrogens with zero attached hydrogens (tertiary/aromatic N) is 1. The highest BCUT2D eigenvalue weighted by molar-refractivity contribution is 8.26. The summed E-state index contributed by atoms with van der Waals surface area (Å²) in [5, 5.41) is 9.41. The fraction of sp³-hybridized carbons (Fsp3) is 0.294. The Balaban J connectivity index is 2.24. The van der Waals surface area contributed by atoms with Crippen molar-refractivity contribution in [2.45, 2.75) is 32.2 Å². The third-order valence-corrected chi connectivity index (χ3v) is 4.95. The predicted molar refractivity (Wildman–Crippen MR) is 97.8 cm³/mol. The Bertz CT molecular complexity index is 697. The molecule has 1 aromatic carbocycles. The molecule has 0 aliphatic carbocycles. The van der Waals surface area contributed by atoms with Crippen LogP contribution in [0.25, 0.3) is 6.08 Å². The van der Waals surface area contributed by atoms with Gasteiger partial charge in [-0.1, -0.05) is 68.0 Å². The van der Waals surface area contributed by atoms with E-state index in [-0.39, 0.29) is 10.2 Å². The number of aliphatic carboxylic acids is 1. The second kappa shape index (κ2) is 8.21. The van der Waals surface area contributed by atoms with E-state index < -0.39 is 12.0 Å². The smallest absolute Gasteiger partial charge is 0.326 e. The fourth-order valence-corrected chi connectivity index (χ4v) is 3.69. The molecular formula is C17H17NO4S2. The van der Waals surface area contributed by atoms with Crippen LogP contribution < -0.4 is 0 Å². The molecule has 1 amide bonds. The molecule has 0 aromatic heterocycles. The molecule has 0 radical (unpaired) electrons. The maximum Gasteiger partial charge on any atom is 0.326 e. The number of carboxylic acids is 1. The molecule has 1 N–H and O–H groups in total. The van der Waals surface area contributed by atoms with Gasteiger partial charge in [0.05, 0.1) is 4.91 Å². The summed E-state index contributed by atoms with van der Waals surface area (Å²) >= 11 is 6.32. The van der Waals surface area contributed by atoms with E-state index in [2.05, 4.69) is 0 Å². The average Bonchev–Trinajstić information content (AvgIpc) is 2.83. The van der Waals surface area contributed by atoms with E-state index in [1.165, 1.54) is 4.90 Å². The van der Waals surface area contributed by atoms with Gasteiger partial charge in [-0.05, 0) is 18.1 Å². The lowest BCUT2D eigenvalue weighted by Crippen LogP contribution is -2.43. The van der Waals surface area contributed by atoms with Gasteiger partial charge in [-0.25, -0.2) is 4.79 Å². The van der Waals surface area contributed by atoms with Gasteiger partial charge in [0.1, 0.15) is 16.6 Å². The SMILES string of the molecule is CCCC[C@@H](C(=O)O)N1C(=O)/C(=C/c2ccc(C=O)cc2)SC1=S. The minimum Gasteiger partial charge on any atom is -0.480 e. The molecule has 1 aliphatic heterocycles. The van der Waals surface area contributed by atoms with E-state index in [1.54, 1.807) is 30.3 Å². The van der Waals surface area contributed by atoms with Crippen LogP contribution in [-0.4, -0.2) is 38.5 Å². The van der Waals surface area contributed by atoms with Gasteiger partial charge in [0.25, 0.3) is 5.91 Å². The summed E-state index contributed by atoms with van der Waals surface area (Å²) in [5.41, 5.74) is 1.30. The molecule has 1 aromatic rings. The summed E-state index contributed by atoms with van der Waals surface area (Å²) in [5.74, 6) is -1.43. The Kier molecular flexibility index (Phi) is 6.28. The Morgan fingerprint density at radius 3 is 2.50 bits per heavy atom. The van der Waals surface area contributed by atoms with Crippen LogP contribution in [0.3, 0.4) is 0 Å². The van der Waals surface area contributed by atoms with Gasteiger partial charge >= 0.3 is 5.97 Å². The van der Waals surface area contributed by atoms with E-state index in [0.29, 0.717) is 23.3 Å². The van der Waals surface area contributed by atoms with Crippen molar-refractivity contribution in [3.05, 3.63) is 40.3 Å². The highest BCUT2D eigenvalue weighted by Gasteiger charge is 2.40. The molecule has 1 fully saturated rings. The molecule has 1 heterocycles. The Morgan fingerprint density at radius 1 is 1.33 bits per heavy atom. The van der Waals surface area contributed by atoms with Crippen molar-refractivity contribution in [3.63, 3.8) is 0 Å². The number of hydrogen-bond donors (Lipinski definition) is 1. The number of carboxylic acid groups (broad SMARTS) is 1. The van der Waals surface area contributed by atoms with Crippen LogP contribution in [0, 0.1) is 0 Å². The monoisotopic (exact) mass is 363 g/mol. The van der Waals surface area contributed by atoms with Gasteiger partial charge in [-0.15, -0.1) is 0 Å². The number of unbranched alkanes of at least 4 members (excludes halogenated alkanes) is 1. The van der Waals surface area contributed by atoms with Gasteiger partial charge < -0.3 is 5.11 Å². The number of hydrogen-bond acceptors (Lipinski definition) is 5. The van der Waals surface area contributed by atoms with Crippen molar-refractivity contribution in [1.29, 1.82) is 0 Å². The molecule has 0 saturated carbocycles. The number of carbonyl (C=O) groups excluding carboxylic acids is 2. The number of benzene rings is 1. The molecule has 24 heavy (non-hydrogen) atoms. The van der Waals surface area contributed by atoms with Gasteiger partial charge in [0.2, 0.25) is 0 Å². The summed E-state index contributed by atoms with van der Waals surface area (Å²) in [6, 6.07) is 5.83. The van der Waals surface area contributed by atoms with E-state index in [9.17, 15) is 19.5 Å². The summed E-state index contributed by atoms with van der Waals surface area (Å²) in [4.78, 5) is 36.3. The number of thiocarbonyl (C=S) groups is 1. The molecule has 7 heteroatoms. The summed E-state index contributed by atoms with van der Waals surface area (Å²) in [7, 11) is 0. The molecular weight excluding hydrogens is 346 g/mol. The third kappa shape index (κ3) is 4.10. The lowest BCUT2D eigenvalue weighted by atomic mass is 10.1. The normalized spacial score (nSPS) is 17.4. The minimum atomic E-state index is -1.05. The van der Waals surface area contributed by atoms with E-state index >= 15 is 0 Å². The Morgan fingerprint density at radius 2 is 1.96 bits per heavy atom. The van der Waals surface area contributed by atoms with Crippen molar-refractivity contribution < 1.29 is 19.5 Å². The summed E-state index contributed by atoms with van der Waals surface area (Å²) < 4.78 is 0.263. The van der Waals surface area contributed by atoms with Crippen molar-refractivity contribution in [2.24, 2.45) is 0 Å². The molecule has 0 spiro atoms. The quantitative estimate of drug-likeness (QED) is 0.455. The maximum atomic E-state index is 12.6. The summed E-state index contributed by atoms with van der Waals surface area (Å²) in [6.07, 6.45) is 4.33. The van der Waals surface area contributed by atoms with Crippen LogP contribution in [0.2, 0.25) is 0 Å². The third-order valence-electron chi connectivity index (χ3n) is 3.62. The lowest BCUT2D eigenvalue weighted by Gasteiger charge is -2.22. The number of aldehydes is 1. The second-order valence-corrected chi connectivity index (χ2v) is 7.01. The van der Waals surface area contributed by atoms with Crippen molar-refractivity contribution in [3.8, 4) is 0 Å². The first-order chi connectivity index (χ1) is 11.5. The highest BCUT2D eigenvalue weighted by Crippen LogP contribution is 2.35. The van der Waals surface area contributed by atoms with Crippen molar-refractivity contribution in [1.82, 2.24) is 4.90 Å². The van der Waals surface area contributed by atoms with Crippen LogP contribution in [-0.2, 0) is 9.59 Å². The first-order valence-electron chi connectivity index (χ1n) is 7.53. The fourth-order valence-electron chi connectivity index (χ4n) is 2.33. The second-order valence-electron chi connectivity index (χ2n) is 5.33. The van der Waals surface area contributed by atoms with Gasteiger partial charge in [-0.3, -0.25) is 14.5 Å². The zero-order valence-electron chi connectivity index (χ0n) is 13.1. The van der Waals surface area contributed by atoms with Gasteiger partial charge in [0.15, 0.2) is 0 Å². The lowest BCUT2D eigenvalue weighted by molar-refractivity contribution is -0.145. The number of rotatable bonds is 7. The topological polar surface area (TPSA) is 74.7 Å².